The molecule has 0 aliphatic rings. The fourth-order valence-electron chi connectivity index (χ4n) is 1.83. The minimum Gasteiger partial charge on any atom is -0.454 e. The molecule has 0 atom stereocenters. The Labute approximate surface area is 155 Å². The minimum absolute atomic E-state index is 0.240. The first-order valence-electron chi connectivity index (χ1n) is 7.29. The van der Waals surface area contributed by atoms with Gasteiger partial charge in [-0.25, -0.2) is 8.78 Å². The van der Waals surface area contributed by atoms with E-state index >= 15 is 0 Å². The van der Waals surface area contributed by atoms with Crippen molar-refractivity contribution in [1.82, 2.24) is 5.32 Å². The van der Waals surface area contributed by atoms with Crippen molar-refractivity contribution in [2.24, 2.45) is 0 Å². The van der Waals surface area contributed by atoms with Gasteiger partial charge < -0.3 is 15.4 Å². The van der Waals surface area contributed by atoms with Gasteiger partial charge in [-0.05, 0) is 36.4 Å². The first-order chi connectivity index (χ1) is 12.3. The lowest BCUT2D eigenvalue weighted by atomic mass is 10.2. The van der Waals surface area contributed by atoms with Crippen LogP contribution in [0.25, 0.3) is 0 Å². The molecule has 136 valence electrons. The predicted octanol–water partition coefficient (Wildman–Crippen LogP) is 2.64. The summed E-state index contributed by atoms with van der Waals surface area (Å²) in [6, 6.07) is 9.10. The van der Waals surface area contributed by atoms with Crippen molar-refractivity contribution in [2.75, 3.05) is 18.5 Å². The molecule has 0 aliphatic heterocycles. The molecular formula is C17H13BrF2N2O4. The van der Waals surface area contributed by atoms with Crippen molar-refractivity contribution in [1.29, 1.82) is 0 Å². The molecule has 2 rings (SSSR count). The molecule has 0 heterocycles. The van der Waals surface area contributed by atoms with Gasteiger partial charge in [0.15, 0.2) is 6.61 Å². The molecule has 2 amide bonds. The summed E-state index contributed by atoms with van der Waals surface area (Å²) in [4.78, 5) is 35.0. The first-order valence-corrected chi connectivity index (χ1v) is 8.09. The van der Waals surface area contributed by atoms with Crippen LogP contribution in [0.3, 0.4) is 0 Å². The van der Waals surface area contributed by atoms with E-state index in [1.165, 1.54) is 0 Å². The van der Waals surface area contributed by atoms with E-state index in [2.05, 4.69) is 31.3 Å². The number of esters is 1. The Morgan fingerprint density at radius 2 is 1.73 bits per heavy atom. The van der Waals surface area contributed by atoms with Crippen LogP contribution in [0.4, 0.5) is 14.5 Å². The highest BCUT2D eigenvalue weighted by molar-refractivity contribution is 9.10. The number of hydrogen-bond acceptors (Lipinski definition) is 4. The quantitative estimate of drug-likeness (QED) is 0.695. The number of amides is 2. The molecule has 2 aromatic carbocycles. The fourth-order valence-corrected chi connectivity index (χ4v) is 2.09. The van der Waals surface area contributed by atoms with Gasteiger partial charge in [-0.1, -0.05) is 15.9 Å². The van der Waals surface area contributed by atoms with Crippen LogP contribution in [-0.4, -0.2) is 30.9 Å². The second-order valence-corrected chi connectivity index (χ2v) is 5.94. The van der Waals surface area contributed by atoms with Crippen LogP contribution < -0.4 is 10.6 Å². The zero-order valence-corrected chi connectivity index (χ0v) is 14.8. The van der Waals surface area contributed by atoms with Gasteiger partial charge in [-0.15, -0.1) is 0 Å². The molecule has 0 bridgehead atoms. The van der Waals surface area contributed by atoms with Gasteiger partial charge in [-0.2, -0.15) is 0 Å². The zero-order valence-electron chi connectivity index (χ0n) is 13.2. The van der Waals surface area contributed by atoms with E-state index in [0.29, 0.717) is 11.6 Å². The lowest BCUT2D eigenvalue weighted by molar-refractivity contribution is -0.146. The van der Waals surface area contributed by atoms with Crippen LogP contribution in [-0.2, 0) is 14.3 Å². The Morgan fingerprint density at radius 3 is 2.38 bits per heavy atom. The van der Waals surface area contributed by atoms with Crippen molar-refractivity contribution in [3.05, 3.63) is 64.1 Å². The van der Waals surface area contributed by atoms with Gasteiger partial charge in [0.2, 0.25) is 0 Å². The van der Waals surface area contributed by atoms with Gasteiger partial charge in [0.1, 0.15) is 18.2 Å². The third-order valence-electron chi connectivity index (χ3n) is 3.07. The number of rotatable bonds is 6. The smallest absolute Gasteiger partial charge is 0.325 e. The van der Waals surface area contributed by atoms with E-state index in [1.807, 2.05) is 0 Å². The molecule has 9 heteroatoms. The summed E-state index contributed by atoms with van der Waals surface area (Å²) in [5, 5.41) is 4.48. The molecule has 0 unspecified atom stereocenters. The number of nitrogens with one attached hydrogen (secondary N) is 2. The zero-order chi connectivity index (χ0) is 19.1. The molecule has 0 radical (unpaired) electrons. The van der Waals surface area contributed by atoms with E-state index in [9.17, 15) is 23.2 Å². The monoisotopic (exact) mass is 426 g/mol. The molecule has 6 nitrogen and oxygen atoms in total. The molecular weight excluding hydrogens is 414 g/mol. The van der Waals surface area contributed by atoms with E-state index in [0.717, 1.165) is 16.6 Å². The number of benzene rings is 2. The van der Waals surface area contributed by atoms with Crippen LogP contribution in [0, 0.1) is 11.6 Å². The lowest BCUT2D eigenvalue weighted by Crippen LogP contribution is -2.32. The third-order valence-corrected chi connectivity index (χ3v) is 3.60. The molecule has 0 spiro atoms. The molecule has 0 fully saturated rings. The number of carbonyl (C=O) groups is 3. The van der Waals surface area contributed by atoms with Crippen LogP contribution >= 0.6 is 15.9 Å². The highest BCUT2D eigenvalue weighted by atomic mass is 79.9. The van der Waals surface area contributed by atoms with Gasteiger partial charge in [0, 0.05) is 16.1 Å². The van der Waals surface area contributed by atoms with E-state index in [-0.39, 0.29) is 5.69 Å². The Hall–Kier alpha value is -2.81. The van der Waals surface area contributed by atoms with Crippen LogP contribution in [0.15, 0.2) is 46.9 Å². The molecule has 0 aliphatic carbocycles. The van der Waals surface area contributed by atoms with Crippen molar-refractivity contribution < 1.29 is 27.9 Å². The average molecular weight is 427 g/mol. The topological polar surface area (TPSA) is 84.5 Å². The van der Waals surface area contributed by atoms with Crippen LogP contribution in [0.1, 0.15) is 10.4 Å². The summed E-state index contributed by atoms with van der Waals surface area (Å²) < 4.78 is 31.6. The predicted molar refractivity (Wildman–Crippen MR) is 92.4 cm³/mol. The normalized spacial score (nSPS) is 10.1. The summed E-state index contributed by atoms with van der Waals surface area (Å²) in [5.41, 5.74) is 0.113. The Kier molecular flexibility index (Phi) is 6.79. The largest absolute Gasteiger partial charge is 0.454 e. The van der Waals surface area contributed by atoms with E-state index in [1.54, 1.807) is 24.3 Å². The lowest BCUT2D eigenvalue weighted by Gasteiger charge is -2.08. The maximum Gasteiger partial charge on any atom is 0.325 e. The molecule has 2 N–H and O–H groups in total. The number of carbonyl (C=O) groups excluding carboxylic acids is 3. The Morgan fingerprint density at radius 1 is 1.04 bits per heavy atom. The summed E-state index contributed by atoms with van der Waals surface area (Å²) in [6.45, 7) is -1.11. The number of ether oxygens (including phenoxy) is 1. The number of hydrogen-bond donors (Lipinski definition) is 2. The Balaban J connectivity index is 1.74. The maximum atomic E-state index is 13.4. The standard InChI is InChI=1S/C17H13BrF2N2O4/c18-11-3-1-10(2-4-11)17(25)21-8-16(24)26-9-15(23)22-14-6-5-12(19)7-13(14)20/h1-7H,8-9H2,(H,21,25)(H,22,23). The number of anilines is 1. The van der Waals surface area contributed by atoms with Crippen LogP contribution in [0.5, 0.6) is 0 Å². The molecule has 2 aromatic rings. The second kappa shape index (κ2) is 9.04. The summed E-state index contributed by atoms with van der Waals surface area (Å²) >= 11 is 3.24. The van der Waals surface area contributed by atoms with E-state index in [4.69, 9.17) is 0 Å². The minimum atomic E-state index is -0.952. The average Bonchev–Trinajstić information content (AvgIpc) is 2.61. The van der Waals surface area contributed by atoms with Gasteiger partial charge in [-0.3, -0.25) is 14.4 Å². The van der Waals surface area contributed by atoms with Crippen molar-refractivity contribution >= 4 is 39.4 Å². The summed E-state index contributed by atoms with van der Waals surface area (Å²) in [7, 11) is 0. The fraction of sp³-hybridized carbons (Fsp3) is 0.118. The van der Waals surface area contributed by atoms with Gasteiger partial charge in [0.25, 0.3) is 11.8 Å². The molecule has 26 heavy (non-hydrogen) atoms. The number of halogens is 3. The summed E-state index contributed by atoms with van der Waals surface area (Å²) in [6.07, 6.45) is 0. The highest BCUT2D eigenvalue weighted by Crippen LogP contribution is 2.14. The van der Waals surface area contributed by atoms with Gasteiger partial charge >= 0.3 is 5.97 Å². The first kappa shape index (κ1) is 19.5. The molecule has 0 saturated carbocycles. The highest BCUT2D eigenvalue weighted by Gasteiger charge is 2.12. The Bertz CT molecular complexity index is 828. The summed E-state index contributed by atoms with van der Waals surface area (Å²) in [5.74, 6) is -3.86. The molecule has 0 aromatic heterocycles. The van der Waals surface area contributed by atoms with Crippen LogP contribution in [0.2, 0.25) is 0 Å². The van der Waals surface area contributed by atoms with Crippen molar-refractivity contribution in [2.45, 2.75) is 0 Å². The second-order valence-electron chi connectivity index (χ2n) is 5.02. The van der Waals surface area contributed by atoms with Crippen molar-refractivity contribution in [3.8, 4) is 0 Å². The van der Waals surface area contributed by atoms with Crippen molar-refractivity contribution in [3.63, 3.8) is 0 Å². The van der Waals surface area contributed by atoms with Gasteiger partial charge in [0.05, 0.1) is 5.69 Å². The third kappa shape index (κ3) is 5.92. The van der Waals surface area contributed by atoms with E-state index < -0.39 is 42.6 Å². The molecule has 0 saturated heterocycles. The maximum absolute atomic E-state index is 13.4. The SMILES string of the molecule is O=C(COC(=O)CNC(=O)c1ccc(Br)cc1)Nc1ccc(F)cc1F.